The van der Waals surface area contributed by atoms with Crippen molar-refractivity contribution in [1.29, 1.82) is 0 Å². The molecule has 0 spiro atoms. The van der Waals surface area contributed by atoms with E-state index in [1.807, 2.05) is 30.3 Å². The Labute approximate surface area is 171 Å². The van der Waals surface area contributed by atoms with Crippen molar-refractivity contribution in [3.63, 3.8) is 0 Å². The number of carbonyl (C=O) groups is 1. The van der Waals surface area contributed by atoms with Crippen molar-refractivity contribution in [3.8, 4) is 0 Å². The van der Waals surface area contributed by atoms with Gasteiger partial charge in [0.25, 0.3) is 5.56 Å². The highest BCUT2D eigenvalue weighted by molar-refractivity contribution is 7.20. The van der Waals surface area contributed by atoms with Gasteiger partial charge in [-0.3, -0.25) is 13.9 Å². The van der Waals surface area contributed by atoms with Crippen LogP contribution in [0.1, 0.15) is 34.1 Å². The average molecular weight is 416 g/mol. The maximum absolute atomic E-state index is 13.0. The molecular formula is C21H24N2O5S. The highest BCUT2D eigenvalue weighted by Crippen LogP contribution is 2.28. The number of benzene rings is 1. The number of ether oxygens (including phenoxy) is 1. The predicted molar refractivity (Wildman–Crippen MR) is 113 cm³/mol. The van der Waals surface area contributed by atoms with Crippen molar-refractivity contribution in [2.24, 2.45) is 0 Å². The van der Waals surface area contributed by atoms with Crippen LogP contribution in [0.5, 0.6) is 0 Å². The standard InChI is InChI=1S/C21H24N2O5S/c1-3-28-20(26)17-14(2)16-18(25)22(12-13-24)21(27)23(19(16)29-17)11-7-10-15-8-5-4-6-9-15/h4-6,8-9,24H,3,7,10-13H2,1-2H3. The maximum Gasteiger partial charge on any atom is 0.348 e. The van der Waals surface area contributed by atoms with E-state index in [0.717, 1.165) is 27.9 Å². The first-order chi connectivity index (χ1) is 14.0. The van der Waals surface area contributed by atoms with Gasteiger partial charge in [-0.15, -0.1) is 11.3 Å². The predicted octanol–water partition coefficient (Wildman–Crippen LogP) is 2.33. The minimum absolute atomic E-state index is 0.0870. The summed E-state index contributed by atoms with van der Waals surface area (Å²) in [7, 11) is 0. The van der Waals surface area contributed by atoms with Crippen LogP contribution in [0, 0.1) is 6.92 Å². The molecule has 8 heteroatoms. The molecule has 2 heterocycles. The van der Waals surface area contributed by atoms with Gasteiger partial charge in [0.15, 0.2) is 0 Å². The first kappa shape index (κ1) is 21.0. The molecule has 0 saturated carbocycles. The van der Waals surface area contributed by atoms with E-state index in [1.54, 1.807) is 13.8 Å². The lowest BCUT2D eigenvalue weighted by Gasteiger charge is -2.11. The summed E-state index contributed by atoms with van der Waals surface area (Å²) in [4.78, 5) is 39.0. The Kier molecular flexibility index (Phi) is 6.66. The van der Waals surface area contributed by atoms with Gasteiger partial charge in [-0.2, -0.15) is 0 Å². The number of aliphatic hydroxyl groups is 1. The third-order valence-electron chi connectivity index (χ3n) is 4.77. The molecule has 0 amide bonds. The smallest absolute Gasteiger partial charge is 0.348 e. The van der Waals surface area contributed by atoms with Crippen LogP contribution in [0.2, 0.25) is 0 Å². The second-order valence-corrected chi connectivity index (χ2v) is 7.66. The second-order valence-electron chi connectivity index (χ2n) is 6.66. The lowest BCUT2D eigenvalue weighted by Crippen LogP contribution is -2.40. The van der Waals surface area contributed by atoms with Gasteiger partial charge in [0.1, 0.15) is 9.71 Å². The number of hydrogen-bond acceptors (Lipinski definition) is 6. The Balaban J connectivity index is 2.08. The van der Waals surface area contributed by atoms with Crippen molar-refractivity contribution < 1.29 is 14.6 Å². The summed E-state index contributed by atoms with van der Waals surface area (Å²) in [6.45, 7) is 3.63. The van der Waals surface area contributed by atoms with E-state index in [4.69, 9.17) is 4.74 Å². The topological polar surface area (TPSA) is 90.5 Å². The number of aryl methyl sites for hydroxylation is 3. The van der Waals surface area contributed by atoms with Crippen LogP contribution in [-0.2, 0) is 24.2 Å². The summed E-state index contributed by atoms with van der Waals surface area (Å²) in [6, 6.07) is 9.94. The highest BCUT2D eigenvalue weighted by atomic mass is 32.1. The Hall–Kier alpha value is -2.71. The zero-order valence-corrected chi connectivity index (χ0v) is 17.3. The van der Waals surface area contributed by atoms with Crippen molar-refractivity contribution in [2.75, 3.05) is 13.2 Å². The van der Waals surface area contributed by atoms with Crippen LogP contribution in [0.3, 0.4) is 0 Å². The molecule has 1 aromatic carbocycles. The lowest BCUT2D eigenvalue weighted by molar-refractivity contribution is 0.0531. The van der Waals surface area contributed by atoms with E-state index in [-0.39, 0.29) is 19.8 Å². The van der Waals surface area contributed by atoms with Crippen LogP contribution in [0.4, 0.5) is 0 Å². The molecule has 2 aromatic heterocycles. The molecule has 0 aliphatic rings. The number of fused-ring (bicyclic) bond motifs is 1. The van der Waals surface area contributed by atoms with Gasteiger partial charge in [-0.1, -0.05) is 30.3 Å². The van der Waals surface area contributed by atoms with E-state index < -0.39 is 17.2 Å². The van der Waals surface area contributed by atoms with Crippen molar-refractivity contribution in [3.05, 3.63) is 67.2 Å². The van der Waals surface area contributed by atoms with E-state index in [9.17, 15) is 19.5 Å². The fraction of sp³-hybridized carbons (Fsp3) is 0.381. The van der Waals surface area contributed by atoms with E-state index >= 15 is 0 Å². The number of carbonyl (C=O) groups excluding carboxylic acids is 1. The van der Waals surface area contributed by atoms with Gasteiger partial charge >= 0.3 is 11.7 Å². The molecule has 0 atom stereocenters. The minimum Gasteiger partial charge on any atom is -0.462 e. The summed E-state index contributed by atoms with van der Waals surface area (Å²) in [5.74, 6) is -0.498. The van der Waals surface area contributed by atoms with Gasteiger partial charge in [0, 0.05) is 6.54 Å². The molecule has 0 bridgehead atoms. The molecule has 0 aliphatic heterocycles. The SMILES string of the molecule is CCOC(=O)c1sc2c(c1C)c(=O)n(CCO)c(=O)n2CCCc1ccccc1. The van der Waals surface area contributed by atoms with Gasteiger partial charge in [0.2, 0.25) is 0 Å². The molecule has 0 unspecified atom stereocenters. The number of rotatable bonds is 8. The molecule has 1 N–H and O–H groups in total. The molecule has 154 valence electrons. The number of aromatic nitrogens is 2. The molecule has 0 aliphatic carbocycles. The highest BCUT2D eigenvalue weighted by Gasteiger charge is 2.23. The molecule has 0 saturated heterocycles. The summed E-state index contributed by atoms with van der Waals surface area (Å²) < 4.78 is 7.68. The maximum atomic E-state index is 13.0. The molecule has 0 radical (unpaired) electrons. The van der Waals surface area contributed by atoms with Gasteiger partial charge in [0.05, 0.1) is 25.1 Å². The quantitative estimate of drug-likeness (QED) is 0.569. The van der Waals surface area contributed by atoms with Crippen molar-refractivity contribution in [1.82, 2.24) is 9.13 Å². The summed E-state index contributed by atoms with van der Waals surface area (Å²) in [5, 5.41) is 9.65. The van der Waals surface area contributed by atoms with E-state index in [2.05, 4.69) is 0 Å². The van der Waals surface area contributed by atoms with Crippen LogP contribution in [0.25, 0.3) is 10.2 Å². The lowest BCUT2D eigenvalue weighted by atomic mass is 10.1. The average Bonchev–Trinajstić information content (AvgIpc) is 3.06. The van der Waals surface area contributed by atoms with E-state index in [0.29, 0.717) is 33.6 Å². The Morgan fingerprint density at radius 2 is 1.86 bits per heavy atom. The second kappa shape index (κ2) is 9.19. The number of nitrogens with zero attached hydrogens (tertiary/aromatic N) is 2. The van der Waals surface area contributed by atoms with E-state index in [1.165, 1.54) is 4.57 Å². The number of aliphatic hydroxyl groups excluding tert-OH is 1. The zero-order chi connectivity index (χ0) is 21.0. The number of thiophene rings is 1. The molecule has 0 fully saturated rings. The van der Waals surface area contributed by atoms with Crippen LogP contribution in [0.15, 0.2) is 39.9 Å². The first-order valence-corrected chi connectivity index (χ1v) is 10.4. The molecule has 29 heavy (non-hydrogen) atoms. The zero-order valence-electron chi connectivity index (χ0n) is 16.5. The molecule has 3 aromatic rings. The van der Waals surface area contributed by atoms with Crippen molar-refractivity contribution in [2.45, 2.75) is 39.8 Å². The normalized spacial score (nSPS) is 11.1. The molecular weight excluding hydrogens is 392 g/mol. The monoisotopic (exact) mass is 416 g/mol. The minimum atomic E-state index is -0.498. The van der Waals surface area contributed by atoms with Gasteiger partial charge in [-0.25, -0.2) is 9.59 Å². The van der Waals surface area contributed by atoms with Gasteiger partial charge in [-0.05, 0) is 37.8 Å². The fourth-order valence-electron chi connectivity index (χ4n) is 3.37. The number of esters is 1. The van der Waals surface area contributed by atoms with Crippen LogP contribution < -0.4 is 11.2 Å². The molecule has 3 rings (SSSR count). The van der Waals surface area contributed by atoms with Gasteiger partial charge < -0.3 is 9.84 Å². The van der Waals surface area contributed by atoms with Crippen LogP contribution >= 0.6 is 11.3 Å². The summed E-state index contributed by atoms with van der Waals surface area (Å²) in [6.07, 6.45) is 1.48. The summed E-state index contributed by atoms with van der Waals surface area (Å²) >= 11 is 1.11. The Morgan fingerprint density at radius 1 is 1.14 bits per heavy atom. The largest absolute Gasteiger partial charge is 0.462 e. The van der Waals surface area contributed by atoms with Crippen molar-refractivity contribution >= 4 is 27.5 Å². The molecule has 7 nitrogen and oxygen atoms in total. The number of hydrogen-bond donors (Lipinski definition) is 1. The summed E-state index contributed by atoms with van der Waals surface area (Å²) in [5.41, 5.74) is 0.718. The first-order valence-electron chi connectivity index (χ1n) is 9.58. The Bertz CT molecular complexity index is 1130. The third-order valence-corrected chi connectivity index (χ3v) is 6.06. The fourth-order valence-corrected chi connectivity index (χ4v) is 4.58. The van der Waals surface area contributed by atoms with Crippen LogP contribution in [-0.4, -0.2) is 33.4 Å². The Morgan fingerprint density at radius 3 is 2.52 bits per heavy atom. The third kappa shape index (κ3) is 4.18.